The molecule has 0 aliphatic heterocycles. The monoisotopic (exact) mass is 420 g/mol. The number of primary amides is 1. The van der Waals surface area contributed by atoms with Crippen molar-refractivity contribution in [3.63, 3.8) is 0 Å². The van der Waals surface area contributed by atoms with Crippen LogP contribution in [0.5, 0.6) is 0 Å². The molecule has 2 aromatic rings. The maximum absolute atomic E-state index is 13.1. The minimum atomic E-state index is -0.907. The zero-order chi connectivity index (χ0) is 21.6. The summed E-state index contributed by atoms with van der Waals surface area (Å²) in [7, 11) is 0. The van der Waals surface area contributed by atoms with Crippen LogP contribution in [-0.2, 0) is 16.1 Å². The Morgan fingerprint density at radius 1 is 1.24 bits per heavy atom. The molecule has 1 heterocycles. The molecule has 1 aromatic carbocycles. The number of carbonyl (C=O) groups excluding carboxylic acids is 2. The Bertz CT molecular complexity index is 926. The molecule has 0 aliphatic carbocycles. The molecule has 0 aliphatic rings. The van der Waals surface area contributed by atoms with Crippen LogP contribution in [0.3, 0.4) is 0 Å². The van der Waals surface area contributed by atoms with Crippen molar-refractivity contribution < 1.29 is 14.3 Å². The Kier molecular flexibility index (Phi) is 8.21. The van der Waals surface area contributed by atoms with E-state index in [-0.39, 0.29) is 17.6 Å². The van der Waals surface area contributed by atoms with Crippen molar-refractivity contribution in [2.24, 2.45) is 11.7 Å². The number of nitrogens with zero attached hydrogens (tertiary/aromatic N) is 2. The summed E-state index contributed by atoms with van der Waals surface area (Å²) in [6.45, 7) is 8.55. The van der Waals surface area contributed by atoms with Gasteiger partial charge in [-0.05, 0) is 38.3 Å². The van der Waals surface area contributed by atoms with E-state index in [1.54, 1.807) is 22.8 Å². The molecule has 0 saturated carbocycles. The van der Waals surface area contributed by atoms with Gasteiger partial charge in [0, 0.05) is 13.2 Å². The van der Waals surface area contributed by atoms with E-state index >= 15 is 0 Å². The maximum Gasteiger partial charge on any atom is 0.318 e. The summed E-state index contributed by atoms with van der Waals surface area (Å²) in [4.78, 5) is 41.2. The first-order valence-electron chi connectivity index (χ1n) is 9.58. The lowest BCUT2D eigenvalue weighted by atomic mass is 10.1. The van der Waals surface area contributed by atoms with Crippen molar-refractivity contribution in [3.05, 3.63) is 34.6 Å². The Morgan fingerprint density at radius 3 is 2.55 bits per heavy atom. The number of nitrogens with two attached hydrogens (primary N) is 1. The quantitative estimate of drug-likeness (QED) is 0.366. The molecule has 0 saturated heterocycles. The van der Waals surface area contributed by atoms with Crippen LogP contribution < -0.4 is 16.6 Å². The summed E-state index contributed by atoms with van der Waals surface area (Å²) in [5.41, 5.74) is 5.49. The molecule has 29 heavy (non-hydrogen) atoms. The van der Waals surface area contributed by atoms with Crippen molar-refractivity contribution in [2.75, 3.05) is 6.61 Å². The minimum absolute atomic E-state index is 0.109. The Balaban J connectivity index is 2.40. The van der Waals surface area contributed by atoms with Crippen LogP contribution in [-0.4, -0.2) is 39.5 Å². The number of carbonyl (C=O) groups is 2. The predicted molar refractivity (Wildman–Crippen MR) is 114 cm³/mol. The molecule has 0 bridgehead atoms. The van der Waals surface area contributed by atoms with Crippen LogP contribution >= 0.6 is 11.8 Å². The number of hydrogen-bond donors (Lipinski definition) is 2. The fourth-order valence-corrected chi connectivity index (χ4v) is 3.89. The van der Waals surface area contributed by atoms with Gasteiger partial charge in [-0.25, -0.2) is 9.78 Å². The molecule has 158 valence electrons. The van der Waals surface area contributed by atoms with E-state index < -0.39 is 17.2 Å². The number of amides is 3. The van der Waals surface area contributed by atoms with Crippen LogP contribution in [0.4, 0.5) is 4.79 Å². The van der Waals surface area contributed by atoms with Crippen molar-refractivity contribution >= 4 is 34.6 Å². The molecule has 0 radical (unpaired) electrons. The number of ether oxygens (including phenoxy) is 1. The second-order valence-electron chi connectivity index (χ2n) is 7.28. The van der Waals surface area contributed by atoms with Gasteiger partial charge in [-0.3, -0.25) is 19.5 Å². The second-order valence-corrected chi connectivity index (χ2v) is 8.39. The van der Waals surface area contributed by atoms with Gasteiger partial charge in [-0.15, -0.1) is 0 Å². The number of aromatic nitrogens is 2. The highest BCUT2D eigenvalue weighted by atomic mass is 32.2. The van der Waals surface area contributed by atoms with Crippen LogP contribution in [0, 0.1) is 5.92 Å². The first kappa shape index (κ1) is 22.9. The molecule has 0 spiro atoms. The van der Waals surface area contributed by atoms with Crippen LogP contribution in [0.15, 0.2) is 34.2 Å². The zero-order valence-electron chi connectivity index (χ0n) is 17.2. The topological polar surface area (TPSA) is 116 Å². The van der Waals surface area contributed by atoms with E-state index in [9.17, 15) is 14.4 Å². The van der Waals surface area contributed by atoms with Gasteiger partial charge in [-0.2, -0.15) is 0 Å². The van der Waals surface area contributed by atoms with E-state index in [2.05, 4.69) is 10.3 Å². The van der Waals surface area contributed by atoms with Gasteiger partial charge in [0.2, 0.25) is 5.91 Å². The molecule has 8 nitrogen and oxygen atoms in total. The lowest BCUT2D eigenvalue weighted by Gasteiger charge is -2.21. The normalized spacial score (nSPS) is 12.5. The number of para-hydroxylation sites is 1. The number of hydrogen-bond acceptors (Lipinski definition) is 6. The van der Waals surface area contributed by atoms with Gasteiger partial charge in [0.1, 0.15) is 0 Å². The molecule has 3 amide bonds. The molecular weight excluding hydrogens is 392 g/mol. The fraction of sp³-hybridized carbons (Fsp3) is 0.500. The highest BCUT2D eigenvalue weighted by Crippen LogP contribution is 2.27. The third kappa shape index (κ3) is 6.30. The predicted octanol–water partition coefficient (Wildman–Crippen LogP) is 2.52. The molecule has 1 atom stereocenters. The molecule has 0 unspecified atom stereocenters. The van der Waals surface area contributed by atoms with Gasteiger partial charge in [0.15, 0.2) is 5.16 Å². The van der Waals surface area contributed by atoms with E-state index in [1.807, 2.05) is 33.8 Å². The summed E-state index contributed by atoms with van der Waals surface area (Å²) in [5.74, 6) is -0.616. The molecule has 1 aromatic heterocycles. The lowest BCUT2D eigenvalue weighted by Crippen LogP contribution is -2.42. The van der Waals surface area contributed by atoms with Gasteiger partial charge in [-0.1, -0.05) is 37.7 Å². The highest BCUT2D eigenvalue weighted by molar-refractivity contribution is 8.00. The number of urea groups is 1. The van der Waals surface area contributed by atoms with Crippen LogP contribution in [0.2, 0.25) is 0 Å². The SMILES string of the molecule is CC(C)OCCCn1c(S[C@@H](C(=O)NC(N)=O)C(C)C)nc2ccccc2c1=O. The lowest BCUT2D eigenvalue weighted by molar-refractivity contribution is -0.120. The van der Waals surface area contributed by atoms with Crippen LogP contribution in [0.25, 0.3) is 10.9 Å². The van der Waals surface area contributed by atoms with Gasteiger partial charge < -0.3 is 10.5 Å². The standard InChI is InChI=1S/C20H28N4O4S/c1-12(2)16(17(25)23-19(21)27)29-20-22-15-9-6-5-8-14(15)18(26)24(20)10-7-11-28-13(3)4/h5-6,8-9,12-13,16H,7,10-11H2,1-4H3,(H3,21,23,25,27)/t16-/m1/s1. The summed E-state index contributed by atoms with van der Waals surface area (Å²) >= 11 is 1.16. The number of thioether (sulfide) groups is 1. The van der Waals surface area contributed by atoms with Crippen LogP contribution in [0.1, 0.15) is 34.1 Å². The number of imide groups is 1. The van der Waals surface area contributed by atoms with E-state index in [0.717, 1.165) is 11.8 Å². The van der Waals surface area contributed by atoms with E-state index in [4.69, 9.17) is 10.5 Å². The van der Waals surface area contributed by atoms with Crippen molar-refractivity contribution in [2.45, 2.75) is 57.2 Å². The van der Waals surface area contributed by atoms with Crippen molar-refractivity contribution in [1.82, 2.24) is 14.9 Å². The van der Waals surface area contributed by atoms with Crippen molar-refractivity contribution in [1.29, 1.82) is 0 Å². The Labute approximate surface area is 174 Å². The fourth-order valence-electron chi connectivity index (χ4n) is 2.77. The summed E-state index contributed by atoms with van der Waals surface area (Å²) in [6, 6.07) is 6.20. The zero-order valence-corrected chi connectivity index (χ0v) is 18.0. The molecule has 3 N–H and O–H groups in total. The van der Waals surface area contributed by atoms with Gasteiger partial charge in [0.05, 0.1) is 22.3 Å². The summed E-state index contributed by atoms with van der Waals surface area (Å²) < 4.78 is 7.15. The first-order chi connectivity index (χ1) is 13.7. The number of nitrogens with one attached hydrogen (secondary N) is 1. The number of benzene rings is 1. The first-order valence-corrected chi connectivity index (χ1v) is 10.5. The minimum Gasteiger partial charge on any atom is -0.379 e. The Hall–Kier alpha value is -2.39. The third-order valence-electron chi connectivity index (χ3n) is 4.15. The summed E-state index contributed by atoms with van der Waals surface area (Å²) in [6.07, 6.45) is 0.740. The van der Waals surface area contributed by atoms with Gasteiger partial charge >= 0.3 is 6.03 Å². The molecule has 0 fully saturated rings. The maximum atomic E-state index is 13.1. The average molecular weight is 421 g/mol. The van der Waals surface area contributed by atoms with Gasteiger partial charge in [0.25, 0.3) is 5.56 Å². The summed E-state index contributed by atoms with van der Waals surface area (Å²) in [5, 5.41) is 2.44. The average Bonchev–Trinajstić information content (AvgIpc) is 2.63. The smallest absolute Gasteiger partial charge is 0.318 e. The largest absolute Gasteiger partial charge is 0.379 e. The number of rotatable bonds is 9. The number of fused-ring (bicyclic) bond motifs is 1. The molecule has 9 heteroatoms. The Morgan fingerprint density at radius 2 is 1.93 bits per heavy atom. The second kappa shape index (κ2) is 10.4. The van der Waals surface area contributed by atoms with Crippen molar-refractivity contribution in [3.8, 4) is 0 Å². The molecular formula is C20H28N4O4S. The third-order valence-corrected chi connectivity index (χ3v) is 5.68. The van der Waals surface area contributed by atoms with E-state index in [0.29, 0.717) is 35.6 Å². The highest BCUT2D eigenvalue weighted by Gasteiger charge is 2.27. The molecule has 2 rings (SSSR count). The van der Waals surface area contributed by atoms with E-state index in [1.165, 1.54) is 0 Å².